The summed E-state index contributed by atoms with van der Waals surface area (Å²) in [5.41, 5.74) is 4.44. The van der Waals surface area contributed by atoms with E-state index in [1.54, 1.807) is 17.0 Å². The molecular weight excluding hydrogens is 299 g/mol. The van der Waals surface area contributed by atoms with Gasteiger partial charge in [0, 0.05) is 19.0 Å². The van der Waals surface area contributed by atoms with Crippen molar-refractivity contribution >= 4 is 11.8 Å². The van der Waals surface area contributed by atoms with E-state index in [9.17, 15) is 14.0 Å². The van der Waals surface area contributed by atoms with Crippen LogP contribution in [0, 0.1) is 17.2 Å². The molecule has 1 aromatic carbocycles. The van der Waals surface area contributed by atoms with E-state index in [0.717, 1.165) is 12.8 Å². The van der Waals surface area contributed by atoms with Crippen LogP contribution in [0.4, 0.5) is 4.39 Å². The number of amides is 2. The Morgan fingerprint density at radius 1 is 1.30 bits per heavy atom. The first kappa shape index (κ1) is 15.8. The number of carbonyl (C=O) groups excluding carboxylic acids is 2. The summed E-state index contributed by atoms with van der Waals surface area (Å²) in [6.45, 7) is 1.72. The number of carbonyl (C=O) groups is 2. The molecule has 0 radical (unpaired) electrons. The van der Waals surface area contributed by atoms with Crippen LogP contribution in [-0.4, -0.2) is 36.4 Å². The molecule has 2 aliphatic rings. The number of nitrogens with zero attached hydrogens (tertiary/aromatic N) is 1. The second-order valence-electron chi connectivity index (χ2n) is 6.47. The zero-order valence-corrected chi connectivity index (χ0v) is 13.0. The standard InChI is InChI=1S/C17H21FN2O3/c18-13-3-5-14(6-4-13)23-11-12-2-1-9-20(10-12)16(22)17(7-8-17)15(19)21/h3-6,12H,1-2,7-11H2,(H2,19,21)/t12-/m1/s1. The molecule has 1 aliphatic carbocycles. The van der Waals surface area contributed by atoms with Crippen LogP contribution >= 0.6 is 0 Å². The van der Waals surface area contributed by atoms with E-state index in [0.29, 0.717) is 38.3 Å². The Labute approximate surface area is 134 Å². The summed E-state index contributed by atoms with van der Waals surface area (Å²) in [7, 11) is 0. The average Bonchev–Trinajstić information content (AvgIpc) is 3.36. The van der Waals surface area contributed by atoms with Crippen LogP contribution in [0.15, 0.2) is 24.3 Å². The number of primary amides is 1. The minimum Gasteiger partial charge on any atom is -0.493 e. The van der Waals surface area contributed by atoms with Gasteiger partial charge in [0.05, 0.1) is 6.61 Å². The lowest BCUT2D eigenvalue weighted by molar-refractivity contribution is -0.144. The Balaban J connectivity index is 1.55. The van der Waals surface area contributed by atoms with Crippen molar-refractivity contribution in [2.45, 2.75) is 25.7 Å². The molecule has 1 saturated carbocycles. The number of nitrogens with two attached hydrogens (primary N) is 1. The van der Waals surface area contributed by atoms with Crippen LogP contribution in [0.25, 0.3) is 0 Å². The van der Waals surface area contributed by atoms with Crippen molar-refractivity contribution in [2.24, 2.45) is 17.1 Å². The molecule has 0 bridgehead atoms. The van der Waals surface area contributed by atoms with Crippen LogP contribution in [0.3, 0.4) is 0 Å². The molecule has 23 heavy (non-hydrogen) atoms. The number of hydrogen-bond donors (Lipinski definition) is 1. The summed E-state index contributed by atoms with van der Waals surface area (Å²) in [6, 6.07) is 5.90. The molecule has 1 atom stereocenters. The van der Waals surface area contributed by atoms with Gasteiger partial charge in [-0.3, -0.25) is 9.59 Å². The molecule has 6 heteroatoms. The Hall–Kier alpha value is -2.11. The smallest absolute Gasteiger partial charge is 0.238 e. The predicted octanol–water partition coefficient (Wildman–Crippen LogP) is 1.71. The van der Waals surface area contributed by atoms with Crippen LogP contribution < -0.4 is 10.5 Å². The van der Waals surface area contributed by atoms with Crippen molar-refractivity contribution in [3.8, 4) is 5.75 Å². The molecule has 0 aromatic heterocycles. The summed E-state index contributed by atoms with van der Waals surface area (Å²) in [6.07, 6.45) is 2.98. The fourth-order valence-electron chi connectivity index (χ4n) is 3.12. The lowest BCUT2D eigenvalue weighted by Crippen LogP contribution is -2.48. The molecule has 3 rings (SSSR count). The van der Waals surface area contributed by atoms with Crippen molar-refractivity contribution in [1.29, 1.82) is 0 Å². The predicted molar refractivity (Wildman–Crippen MR) is 82.1 cm³/mol. The number of piperidine rings is 1. The maximum absolute atomic E-state index is 12.9. The fraction of sp³-hybridized carbons (Fsp3) is 0.529. The maximum atomic E-state index is 12.9. The molecule has 1 heterocycles. The van der Waals surface area contributed by atoms with Gasteiger partial charge in [0.15, 0.2) is 0 Å². The summed E-state index contributed by atoms with van der Waals surface area (Å²) in [5, 5.41) is 0. The van der Waals surface area contributed by atoms with Crippen molar-refractivity contribution in [3.05, 3.63) is 30.1 Å². The average molecular weight is 320 g/mol. The van der Waals surface area contributed by atoms with Crippen LogP contribution in [0.2, 0.25) is 0 Å². The first-order chi connectivity index (χ1) is 11.0. The van der Waals surface area contributed by atoms with Gasteiger partial charge in [-0.05, 0) is 49.9 Å². The number of likely N-dealkylation sites (tertiary alicyclic amines) is 1. The van der Waals surface area contributed by atoms with Crippen LogP contribution in [0.1, 0.15) is 25.7 Å². The number of halogens is 1. The van der Waals surface area contributed by atoms with E-state index < -0.39 is 11.3 Å². The highest BCUT2D eigenvalue weighted by Gasteiger charge is 2.57. The molecule has 1 aromatic rings. The number of benzene rings is 1. The van der Waals surface area contributed by atoms with Gasteiger partial charge < -0.3 is 15.4 Å². The van der Waals surface area contributed by atoms with Gasteiger partial charge in [-0.15, -0.1) is 0 Å². The third-order valence-corrected chi connectivity index (χ3v) is 4.74. The quantitative estimate of drug-likeness (QED) is 0.840. The second-order valence-corrected chi connectivity index (χ2v) is 6.47. The van der Waals surface area contributed by atoms with Gasteiger partial charge in [-0.2, -0.15) is 0 Å². The van der Waals surface area contributed by atoms with Gasteiger partial charge in [0.1, 0.15) is 17.0 Å². The highest BCUT2D eigenvalue weighted by Crippen LogP contribution is 2.47. The number of hydrogen-bond acceptors (Lipinski definition) is 3. The first-order valence-corrected chi connectivity index (χ1v) is 7.99. The van der Waals surface area contributed by atoms with E-state index in [4.69, 9.17) is 10.5 Å². The van der Waals surface area contributed by atoms with Crippen LogP contribution in [0.5, 0.6) is 5.75 Å². The SMILES string of the molecule is NC(=O)C1(C(=O)N2CCC[C@@H](COc3ccc(F)cc3)C2)CC1. The molecule has 124 valence electrons. The molecule has 1 aliphatic heterocycles. The van der Waals surface area contributed by atoms with E-state index in [1.807, 2.05) is 0 Å². The molecule has 2 amide bonds. The molecule has 0 spiro atoms. The van der Waals surface area contributed by atoms with E-state index >= 15 is 0 Å². The third-order valence-electron chi connectivity index (χ3n) is 4.74. The van der Waals surface area contributed by atoms with Crippen molar-refractivity contribution < 1.29 is 18.7 Å². The van der Waals surface area contributed by atoms with Crippen molar-refractivity contribution in [1.82, 2.24) is 4.90 Å². The van der Waals surface area contributed by atoms with Crippen molar-refractivity contribution in [2.75, 3.05) is 19.7 Å². The Bertz CT molecular complexity index is 598. The first-order valence-electron chi connectivity index (χ1n) is 7.99. The maximum Gasteiger partial charge on any atom is 0.238 e. The molecule has 5 nitrogen and oxygen atoms in total. The van der Waals surface area contributed by atoms with Crippen molar-refractivity contribution in [3.63, 3.8) is 0 Å². The minimum atomic E-state index is -0.945. The monoisotopic (exact) mass is 320 g/mol. The second kappa shape index (κ2) is 6.18. The zero-order chi connectivity index (χ0) is 16.4. The Morgan fingerprint density at radius 2 is 2.00 bits per heavy atom. The number of ether oxygens (including phenoxy) is 1. The largest absolute Gasteiger partial charge is 0.493 e. The summed E-state index contributed by atoms with van der Waals surface area (Å²) >= 11 is 0. The summed E-state index contributed by atoms with van der Waals surface area (Å²) < 4.78 is 18.5. The van der Waals surface area contributed by atoms with Crippen LogP contribution in [-0.2, 0) is 9.59 Å². The Kier molecular flexibility index (Phi) is 4.24. The van der Waals surface area contributed by atoms with E-state index in [1.165, 1.54) is 12.1 Å². The van der Waals surface area contributed by atoms with Gasteiger partial charge in [-0.25, -0.2) is 4.39 Å². The number of rotatable bonds is 5. The lowest BCUT2D eigenvalue weighted by Gasteiger charge is -2.34. The third kappa shape index (κ3) is 3.30. The molecule has 2 fully saturated rings. The zero-order valence-electron chi connectivity index (χ0n) is 13.0. The Morgan fingerprint density at radius 3 is 2.61 bits per heavy atom. The summed E-state index contributed by atoms with van der Waals surface area (Å²) in [5.74, 6) is -0.108. The minimum absolute atomic E-state index is 0.128. The van der Waals surface area contributed by atoms with E-state index in [-0.39, 0.29) is 17.6 Å². The normalized spacial score (nSPS) is 22.5. The van der Waals surface area contributed by atoms with Gasteiger partial charge in [-0.1, -0.05) is 0 Å². The highest BCUT2D eigenvalue weighted by molar-refractivity contribution is 6.07. The van der Waals surface area contributed by atoms with Gasteiger partial charge in [0.2, 0.25) is 11.8 Å². The van der Waals surface area contributed by atoms with Gasteiger partial charge >= 0.3 is 0 Å². The molecule has 0 unspecified atom stereocenters. The molecule has 1 saturated heterocycles. The summed E-state index contributed by atoms with van der Waals surface area (Å²) in [4.78, 5) is 25.8. The van der Waals surface area contributed by atoms with Gasteiger partial charge in [0.25, 0.3) is 0 Å². The highest BCUT2D eigenvalue weighted by atomic mass is 19.1. The van der Waals surface area contributed by atoms with E-state index in [2.05, 4.69) is 0 Å². The lowest BCUT2D eigenvalue weighted by atomic mass is 9.96. The molecular formula is C17H21FN2O3. The fourth-order valence-corrected chi connectivity index (χ4v) is 3.12. The molecule has 2 N–H and O–H groups in total. The topological polar surface area (TPSA) is 72.6 Å².